The highest BCUT2D eigenvalue weighted by atomic mass is 79.9. The maximum absolute atomic E-state index is 5.53. The average molecular weight is 486 g/mol. The second-order valence-corrected chi connectivity index (χ2v) is 7.31. The predicted octanol–water partition coefficient (Wildman–Crippen LogP) is 6.06. The molecule has 0 N–H and O–H groups in total. The molecule has 0 aromatic heterocycles. The number of hydrogen-bond donors (Lipinski definition) is 0. The monoisotopic (exact) mass is 484 g/mol. The quantitative estimate of drug-likeness (QED) is 0.477. The lowest BCUT2D eigenvalue weighted by Crippen LogP contribution is -1.97. The Balaban J connectivity index is 2.37. The van der Waals surface area contributed by atoms with Crippen LogP contribution in [0.25, 0.3) is 6.08 Å². The van der Waals surface area contributed by atoms with Crippen molar-refractivity contribution in [1.82, 2.24) is 0 Å². The molecule has 0 spiro atoms. The first-order valence-electron chi connectivity index (χ1n) is 7.96. The zero-order chi connectivity index (χ0) is 19.3. The van der Waals surface area contributed by atoms with Crippen molar-refractivity contribution < 1.29 is 18.9 Å². The van der Waals surface area contributed by atoms with Gasteiger partial charge in [0.1, 0.15) is 23.0 Å². The van der Waals surface area contributed by atoms with Gasteiger partial charge < -0.3 is 18.9 Å². The van der Waals surface area contributed by atoms with E-state index in [0.29, 0.717) is 0 Å². The van der Waals surface area contributed by atoms with Crippen molar-refractivity contribution in [3.63, 3.8) is 0 Å². The number of rotatable bonds is 7. The van der Waals surface area contributed by atoms with E-state index in [1.54, 1.807) is 28.4 Å². The second-order valence-electron chi connectivity index (χ2n) is 5.61. The molecule has 0 amide bonds. The number of halogens is 2. The van der Waals surface area contributed by atoms with E-state index in [1.165, 1.54) is 0 Å². The van der Waals surface area contributed by atoms with E-state index < -0.39 is 0 Å². The number of ether oxygens (including phenoxy) is 4. The van der Waals surface area contributed by atoms with Crippen LogP contribution in [0.5, 0.6) is 23.0 Å². The smallest absolute Gasteiger partial charge is 0.136 e. The highest BCUT2D eigenvalue weighted by Gasteiger charge is 2.14. The third-order valence-electron chi connectivity index (χ3n) is 4.06. The Morgan fingerprint density at radius 2 is 1.23 bits per heavy atom. The summed E-state index contributed by atoms with van der Waals surface area (Å²) in [6.45, 7) is 2.11. The summed E-state index contributed by atoms with van der Waals surface area (Å²) in [5, 5.41) is 0. The van der Waals surface area contributed by atoms with Gasteiger partial charge in [0.15, 0.2) is 0 Å². The lowest BCUT2D eigenvalue weighted by Gasteiger charge is -2.16. The molecule has 2 rings (SSSR count). The fourth-order valence-corrected chi connectivity index (χ4v) is 3.65. The fourth-order valence-electron chi connectivity index (χ4n) is 2.60. The van der Waals surface area contributed by atoms with E-state index in [9.17, 15) is 0 Å². The minimum Gasteiger partial charge on any atom is -0.496 e. The number of methoxy groups -OCH3 is 4. The van der Waals surface area contributed by atoms with Gasteiger partial charge in [0.2, 0.25) is 0 Å². The van der Waals surface area contributed by atoms with Crippen LogP contribution in [0.1, 0.15) is 24.0 Å². The zero-order valence-electron chi connectivity index (χ0n) is 15.4. The van der Waals surface area contributed by atoms with Crippen LogP contribution < -0.4 is 18.9 Å². The van der Waals surface area contributed by atoms with E-state index in [0.717, 1.165) is 43.1 Å². The minimum atomic E-state index is 0.123. The van der Waals surface area contributed by atoms with E-state index in [2.05, 4.69) is 44.9 Å². The molecule has 0 saturated heterocycles. The Morgan fingerprint density at radius 3 is 1.77 bits per heavy atom. The van der Waals surface area contributed by atoms with Crippen LogP contribution in [0.4, 0.5) is 0 Å². The van der Waals surface area contributed by atoms with Crippen LogP contribution in [0, 0.1) is 0 Å². The van der Waals surface area contributed by atoms with Crippen molar-refractivity contribution in [1.29, 1.82) is 0 Å². The largest absolute Gasteiger partial charge is 0.496 e. The van der Waals surface area contributed by atoms with Gasteiger partial charge in [-0.1, -0.05) is 19.1 Å². The summed E-state index contributed by atoms with van der Waals surface area (Å²) >= 11 is 7.05. The number of allylic oxidation sites excluding steroid dienone is 1. The maximum Gasteiger partial charge on any atom is 0.136 e. The Labute approximate surface area is 171 Å². The van der Waals surface area contributed by atoms with Crippen molar-refractivity contribution in [3.05, 3.63) is 50.4 Å². The fraction of sp³-hybridized carbons (Fsp3) is 0.300. The normalized spacial score (nSPS) is 12.1. The molecule has 26 heavy (non-hydrogen) atoms. The molecule has 0 fully saturated rings. The first kappa shape index (κ1) is 20.6. The Bertz CT molecular complexity index is 803. The van der Waals surface area contributed by atoms with Crippen molar-refractivity contribution in [3.8, 4) is 23.0 Å². The van der Waals surface area contributed by atoms with Gasteiger partial charge in [0, 0.05) is 29.2 Å². The molecule has 0 heterocycles. The molecule has 1 atom stereocenters. The third-order valence-corrected chi connectivity index (χ3v) is 5.30. The van der Waals surface area contributed by atoms with E-state index >= 15 is 0 Å². The van der Waals surface area contributed by atoms with Gasteiger partial charge in [-0.3, -0.25) is 0 Å². The first-order chi connectivity index (χ1) is 12.4. The summed E-state index contributed by atoms with van der Waals surface area (Å²) in [5.41, 5.74) is 2.02. The third kappa shape index (κ3) is 4.54. The van der Waals surface area contributed by atoms with Crippen molar-refractivity contribution in [2.24, 2.45) is 0 Å². The summed E-state index contributed by atoms with van der Waals surface area (Å²) in [6, 6.07) is 7.74. The summed E-state index contributed by atoms with van der Waals surface area (Å²) in [7, 11) is 6.57. The van der Waals surface area contributed by atoms with Crippen LogP contribution in [-0.2, 0) is 0 Å². The van der Waals surface area contributed by atoms with Crippen LogP contribution in [-0.4, -0.2) is 28.4 Å². The molecule has 0 aliphatic heterocycles. The molecule has 4 nitrogen and oxygen atoms in total. The zero-order valence-corrected chi connectivity index (χ0v) is 18.6. The summed E-state index contributed by atoms with van der Waals surface area (Å²) < 4.78 is 23.4. The molecule has 2 aromatic rings. The summed E-state index contributed by atoms with van der Waals surface area (Å²) in [6.07, 6.45) is 4.14. The molecule has 0 aliphatic carbocycles. The standard InChI is InChI=1S/C20H22Br2O4/c1-12(14-9-16(22)20(26-5)11-18(14)24-3)6-7-13-8-15(21)19(25-4)10-17(13)23-2/h6-12H,1-5H3/b7-6+. The van der Waals surface area contributed by atoms with Crippen LogP contribution in [0.15, 0.2) is 39.3 Å². The van der Waals surface area contributed by atoms with Crippen LogP contribution >= 0.6 is 31.9 Å². The lowest BCUT2D eigenvalue weighted by atomic mass is 9.98. The second kappa shape index (κ2) is 9.33. The van der Waals surface area contributed by atoms with E-state index in [-0.39, 0.29) is 5.92 Å². The molecule has 0 radical (unpaired) electrons. The number of benzene rings is 2. The molecule has 140 valence electrons. The maximum atomic E-state index is 5.53. The highest BCUT2D eigenvalue weighted by Crippen LogP contribution is 2.38. The summed E-state index contributed by atoms with van der Waals surface area (Å²) in [4.78, 5) is 0. The van der Waals surface area contributed by atoms with Gasteiger partial charge in [0.25, 0.3) is 0 Å². The Kier molecular flexibility index (Phi) is 7.41. The van der Waals surface area contributed by atoms with E-state index in [1.807, 2.05) is 30.3 Å². The molecule has 0 saturated carbocycles. The SMILES string of the molecule is COc1cc(OC)c(/C=C/C(C)c2cc(Br)c(OC)cc2OC)cc1Br. The van der Waals surface area contributed by atoms with E-state index in [4.69, 9.17) is 18.9 Å². The minimum absolute atomic E-state index is 0.123. The topological polar surface area (TPSA) is 36.9 Å². The summed E-state index contributed by atoms with van der Waals surface area (Å²) in [5.74, 6) is 3.12. The molecule has 0 aliphatic rings. The van der Waals surface area contributed by atoms with Crippen molar-refractivity contribution in [2.75, 3.05) is 28.4 Å². The highest BCUT2D eigenvalue weighted by molar-refractivity contribution is 9.10. The molecule has 2 aromatic carbocycles. The van der Waals surface area contributed by atoms with Gasteiger partial charge >= 0.3 is 0 Å². The molecular weight excluding hydrogens is 464 g/mol. The van der Waals surface area contributed by atoms with Gasteiger partial charge in [-0.15, -0.1) is 0 Å². The molecule has 1 unspecified atom stereocenters. The predicted molar refractivity (Wildman–Crippen MR) is 112 cm³/mol. The average Bonchev–Trinajstić information content (AvgIpc) is 2.65. The Hall–Kier alpha value is -1.66. The van der Waals surface area contributed by atoms with Crippen LogP contribution in [0.2, 0.25) is 0 Å². The van der Waals surface area contributed by atoms with Crippen LogP contribution in [0.3, 0.4) is 0 Å². The van der Waals surface area contributed by atoms with Gasteiger partial charge in [-0.25, -0.2) is 0 Å². The lowest BCUT2D eigenvalue weighted by molar-refractivity contribution is 0.389. The van der Waals surface area contributed by atoms with Crippen molar-refractivity contribution in [2.45, 2.75) is 12.8 Å². The van der Waals surface area contributed by atoms with Gasteiger partial charge in [-0.05, 0) is 44.0 Å². The molecular formula is C20H22Br2O4. The van der Waals surface area contributed by atoms with Gasteiger partial charge in [0.05, 0.1) is 37.4 Å². The molecule has 6 heteroatoms. The van der Waals surface area contributed by atoms with Crippen molar-refractivity contribution >= 4 is 37.9 Å². The number of hydrogen-bond acceptors (Lipinski definition) is 4. The van der Waals surface area contributed by atoms with Gasteiger partial charge in [-0.2, -0.15) is 0 Å². The Morgan fingerprint density at radius 1 is 0.731 bits per heavy atom. The molecule has 0 bridgehead atoms. The first-order valence-corrected chi connectivity index (χ1v) is 9.54.